The molecule has 128 valence electrons. The van der Waals surface area contributed by atoms with Gasteiger partial charge in [-0.1, -0.05) is 19.0 Å². The molecule has 0 aliphatic carbocycles. The lowest BCUT2D eigenvalue weighted by molar-refractivity contribution is 0.0721. The Kier molecular flexibility index (Phi) is 4.46. The number of hydrogen-bond acceptors (Lipinski definition) is 7. The number of carbonyl (C=O) groups excluding carboxylic acids is 1. The smallest absolute Gasteiger partial charge is 0.274 e. The van der Waals surface area contributed by atoms with Crippen molar-refractivity contribution in [3.63, 3.8) is 0 Å². The summed E-state index contributed by atoms with van der Waals surface area (Å²) in [6.07, 6.45) is 1.73. The summed E-state index contributed by atoms with van der Waals surface area (Å²) in [6, 6.07) is 3.33. The molecule has 0 unspecified atom stereocenters. The molecule has 3 rings (SSSR count). The maximum atomic E-state index is 12.8. The number of amides is 1. The van der Waals surface area contributed by atoms with Crippen molar-refractivity contribution < 1.29 is 9.32 Å². The van der Waals surface area contributed by atoms with E-state index in [1.165, 1.54) is 0 Å². The second-order valence-electron chi connectivity index (χ2n) is 6.47. The zero-order valence-corrected chi connectivity index (χ0v) is 14.4. The summed E-state index contributed by atoms with van der Waals surface area (Å²) in [5.74, 6) is 1.90. The predicted molar refractivity (Wildman–Crippen MR) is 87.8 cm³/mol. The van der Waals surface area contributed by atoms with Crippen molar-refractivity contribution in [2.45, 2.75) is 38.6 Å². The van der Waals surface area contributed by atoms with Crippen LogP contribution in [0.25, 0.3) is 0 Å². The van der Waals surface area contributed by atoms with Gasteiger partial charge in [0, 0.05) is 26.6 Å². The van der Waals surface area contributed by atoms with Crippen LogP contribution in [0.4, 0.5) is 5.82 Å². The van der Waals surface area contributed by atoms with Gasteiger partial charge in [0.25, 0.3) is 5.91 Å². The lowest BCUT2D eigenvalue weighted by Gasteiger charge is -2.21. The summed E-state index contributed by atoms with van der Waals surface area (Å²) in [5.41, 5.74) is 0.333. The summed E-state index contributed by atoms with van der Waals surface area (Å²) < 4.78 is 5.28. The van der Waals surface area contributed by atoms with Crippen LogP contribution in [0.15, 0.2) is 16.7 Å². The molecule has 0 radical (unpaired) electrons. The monoisotopic (exact) mass is 330 g/mol. The molecule has 24 heavy (non-hydrogen) atoms. The fourth-order valence-electron chi connectivity index (χ4n) is 2.72. The Balaban J connectivity index is 1.80. The minimum atomic E-state index is -0.163. The van der Waals surface area contributed by atoms with E-state index in [0.717, 1.165) is 12.8 Å². The van der Waals surface area contributed by atoms with Gasteiger partial charge < -0.3 is 14.3 Å². The molecule has 8 nitrogen and oxygen atoms in total. The molecule has 1 aliphatic rings. The average molecular weight is 330 g/mol. The lowest BCUT2D eigenvalue weighted by Crippen LogP contribution is -2.32. The van der Waals surface area contributed by atoms with Crippen molar-refractivity contribution >= 4 is 11.7 Å². The van der Waals surface area contributed by atoms with E-state index >= 15 is 0 Å². The number of aromatic nitrogens is 4. The number of carbonyl (C=O) groups is 1. The fourth-order valence-corrected chi connectivity index (χ4v) is 2.72. The minimum absolute atomic E-state index is 0.147. The molecule has 1 saturated heterocycles. The normalized spacial score (nSPS) is 17.5. The van der Waals surface area contributed by atoms with Gasteiger partial charge in [-0.25, -0.2) is 0 Å². The Bertz CT molecular complexity index is 710. The van der Waals surface area contributed by atoms with Gasteiger partial charge >= 0.3 is 0 Å². The van der Waals surface area contributed by atoms with E-state index in [9.17, 15) is 4.79 Å². The summed E-state index contributed by atoms with van der Waals surface area (Å²) in [4.78, 5) is 20.8. The first-order valence-electron chi connectivity index (χ1n) is 8.13. The first-order chi connectivity index (χ1) is 11.5. The highest BCUT2D eigenvalue weighted by Gasteiger charge is 2.34. The molecule has 1 aliphatic heterocycles. The van der Waals surface area contributed by atoms with Crippen LogP contribution in [0.3, 0.4) is 0 Å². The molecule has 2 aromatic rings. The molecule has 8 heteroatoms. The summed E-state index contributed by atoms with van der Waals surface area (Å²) >= 11 is 0. The molecule has 0 saturated carbocycles. The van der Waals surface area contributed by atoms with E-state index in [0.29, 0.717) is 29.8 Å². The Morgan fingerprint density at radius 1 is 1.33 bits per heavy atom. The summed E-state index contributed by atoms with van der Waals surface area (Å²) in [7, 11) is 3.76. The molecule has 0 bridgehead atoms. The van der Waals surface area contributed by atoms with E-state index in [4.69, 9.17) is 4.52 Å². The quantitative estimate of drug-likeness (QED) is 0.847. The van der Waals surface area contributed by atoms with Gasteiger partial charge in [-0.2, -0.15) is 4.98 Å². The van der Waals surface area contributed by atoms with Gasteiger partial charge in [0.1, 0.15) is 0 Å². The SMILES string of the molecule is CC(C)c1nc([C@@H]2CCCN2C(=O)c2ccc(N(C)C)nn2)no1. The molecule has 3 heterocycles. The van der Waals surface area contributed by atoms with Crippen LogP contribution >= 0.6 is 0 Å². The van der Waals surface area contributed by atoms with Gasteiger partial charge in [-0.15, -0.1) is 10.2 Å². The van der Waals surface area contributed by atoms with Gasteiger partial charge in [0.05, 0.1) is 6.04 Å². The lowest BCUT2D eigenvalue weighted by atomic mass is 10.2. The highest BCUT2D eigenvalue weighted by atomic mass is 16.5. The van der Waals surface area contributed by atoms with Crippen molar-refractivity contribution in [1.82, 2.24) is 25.2 Å². The van der Waals surface area contributed by atoms with Crippen LogP contribution in [-0.2, 0) is 0 Å². The van der Waals surface area contributed by atoms with E-state index < -0.39 is 0 Å². The van der Waals surface area contributed by atoms with Crippen LogP contribution in [0, 0.1) is 0 Å². The number of nitrogens with zero attached hydrogens (tertiary/aromatic N) is 6. The van der Waals surface area contributed by atoms with Gasteiger partial charge in [0.2, 0.25) is 5.89 Å². The maximum Gasteiger partial charge on any atom is 0.274 e. The predicted octanol–water partition coefficient (Wildman–Crippen LogP) is 2.03. The molecule has 1 atom stereocenters. The molecule has 1 amide bonds. The molecular weight excluding hydrogens is 308 g/mol. The minimum Gasteiger partial charge on any atom is -0.361 e. The zero-order chi connectivity index (χ0) is 17.3. The van der Waals surface area contributed by atoms with Crippen LogP contribution in [-0.4, -0.2) is 51.8 Å². The fraction of sp³-hybridized carbons (Fsp3) is 0.562. The van der Waals surface area contributed by atoms with Crippen molar-refractivity contribution in [3.8, 4) is 0 Å². The first kappa shape index (κ1) is 16.4. The van der Waals surface area contributed by atoms with Crippen LogP contribution in [0.1, 0.15) is 60.9 Å². The third-order valence-electron chi connectivity index (χ3n) is 4.09. The van der Waals surface area contributed by atoms with E-state index in [1.807, 2.05) is 32.8 Å². The summed E-state index contributed by atoms with van der Waals surface area (Å²) in [6.45, 7) is 4.65. The Labute approximate surface area is 140 Å². The van der Waals surface area contributed by atoms with E-state index in [-0.39, 0.29) is 17.9 Å². The van der Waals surface area contributed by atoms with Gasteiger partial charge in [-0.3, -0.25) is 4.79 Å². The third-order valence-corrected chi connectivity index (χ3v) is 4.09. The van der Waals surface area contributed by atoms with Gasteiger partial charge in [0.15, 0.2) is 17.3 Å². The Morgan fingerprint density at radius 3 is 2.71 bits per heavy atom. The standard InChI is InChI=1S/C16H22N6O2/c1-10(2)15-17-14(20-24-15)12-6-5-9-22(12)16(23)11-7-8-13(19-18-11)21(3)4/h7-8,10,12H,5-6,9H2,1-4H3/t12-/m0/s1. The highest BCUT2D eigenvalue weighted by Crippen LogP contribution is 2.31. The maximum absolute atomic E-state index is 12.8. The van der Waals surface area contributed by atoms with Crippen molar-refractivity contribution in [2.75, 3.05) is 25.5 Å². The van der Waals surface area contributed by atoms with Gasteiger partial charge in [-0.05, 0) is 25.0 Å². The number of hydrogen-bond donors (Lipinski definition) is 0. The van der Waals surface area contributed by atoms with E-state index in [2.05, 4.69) is 20.3 Å². The van der Waals surface area contributed by atoms with Crippen LogP contribution in [0.2, 0.25) is 0 Å². The van der Waals surface area contributed by atoms with E-state index in [1.54, 1.807) is 17.0 Å². The largest absolute Gasteiger partial charge is 0.361 e. The number of likely N-dealkylation sites (tertiary alicyclic amines) is 1. The molecule has 1 fully saturated rings. The Hall–Kier alpha value is -2.51. The zero-order valence-electron chi connectivity index (χ0n) is 14.4. The van der Waals surface area contributed by atoms with Crippen molar-refractivity contribution in [3.05, 3.63) is 29.5 Å². The molecule has 2 aromatic heterocycles. The van der Waals surface area contributed by atoms with Crippen LogP contribution in [0.5, 0.6) is 0 Å². The second-order valence-corrected chi connectivity index (χ2v) is 6.47. The summed E-state index contributed by atoms with van der Waals surface area (Å²) in [5, 5.41) is 12.2. The average Bonchev–Trinajstić information content (AvgIpc) is 3.23. The third kappa shape index (κ3) is 3.08. The molecule has 0 aromatic carbocycles. The molecule has 0 N–H and O–H groups in total. The first-order valence-corrected chi connectivity index (χ1v) is 8.13. The Morgan fingerprint density at radius 2 is 2.12 bits per heavy atom. The molecule has 0 spiro atoms. The second kappa shape index (κ2) is 6.54. The highest BCUT2D eigenvalue weighted by molar-refractivity contribution is 5.92. The van der Waals surface area contributed by atoms with Crippen LogP contribution < -0.4 is 4.90 Å². The number of rotatable bonds is 4. The van der Waals surface area contributed by atoms with Crippen molar-refractivity contribution in [2.24, 2.45) is 0 Å². The topological polar surface area (TPSA) is 88.3 Å². The number of anilines is 1. The van der Waals surface area contributed by atoms with Crippen molar-refractivity contribution in [1.29, 1.82) is 0 Å². The molecular formula is C16H22N6O2.